The van der Waals surface area contributed by atoms with Crippen LogP contribution in [0.5, 0.6) is 5.75 Å². The summed E-state index contributed by atoms with van der Waals surface area (Å²) in [7, 11) is 0. The summed E-state index contributed by atoms with van der Waals surface area (Å²) in [5, 5.41) is 0. The Hall–Kier alpha value is -1.52. The number of epoxide rings is 2. The molecule has 4 heteroatoms. The van der Waals surface area contributed by atoms with Crippen molar-refractivity contribution in [2.24, 2.45) is 5.92 Å². The Bertz CT molecular complexity index is 611. The Labute approximate surface area is 150 Å². The third-order valence-electron chi connectivity index (χ3n) is 5.68. The largest absolute Gasteiger partial charge is 0.495 e. The van der Waals surface area contributed by atoms with Gasteiger partial charge in [-0.25, -0.2) is 0 Å². The van der Waals surface area contributed by atoms with E-state index >= 15 is 0 Å². The molecule has 1 aliphatic carbocycles. The third-order valence-corrected chi connectivity index (χ3v) is 5.68. The molecule has 0 saturated carbocycles. The van der Waals surface area contributed by atoms with Crippen molar-refractivity contribution in [1.29, 1.82) is 0 Å². The molecule has 0 bridgehead atoms. The van der Waals surface area contributed by atoms with Crippen molar-refractivity contribution < 1.29 is 18.9 Å². The summed E-state index contributed by atoms with van der Waals surface area (Å²) in [6, 6.07) is 8.59. The monoisotopic (exact) mass is 344 g/mol. The van der Waals surface area contributed by atoms with Crippen molar-refractivity contribution in [2.75, 3.05) is 26.4 Å². The first kappa shape index (κ1) is 16.9. The van der Waals surface area contributed by atoms with Gasteiger partial charge in [-0.2, -0.15) is 0 Å². The smallest absolute Gasteiger partial charge is 0.119 e. The lowest BCUT2D eigenvalue weighted by Crippen LogP contribution is -2.30. The van der Waals surface area contributed by atoms with Gasteiger partial charge in [-0.15, -0.1) is 0 Å². The van der Waals surface area contributed by atoms with Crippen LogP contribution in [0.1, 0.15) is 38.7 Å². The first-order chi connectivity index (χ1) is 12.1. The SMILES string of the molecule is CC(C)(c1ccc(OCC2CO2)cc1)[C@@H]1CC=C(OCC2CO2)CC1. The summed E-state index contributed by atoms with van der Waals surface area (Å²) in [6.07, 6.45) is 6.19. The highest BCUT2D eigenvalue weighted by Gasteiger charge is 2.33. The lowest BCUT2D eigenvalue weighted by molar-refractivity contribution is 0.156. The highest BCUT2D eigenvalue weighted by Crippen LogP contribution is 2.40. The molecule has 4 rings (SSSR count). The molecule has 1 aromatic carbocycles. The molecule has 4 nitrogen and oxygen atoms in total. The molecule has 1 aromatic rings. The zero-order chi connectivity index (χ0) is 17.3. The van der Waals surface area contributed by atoms with Crippen molar-refractivity contribution in [2.45, 2.75) is 50.7 Å². The second-order valence-electron chi connectivity index (χ2n) is 7.92. The van der Waals surface area contributed by atoms with Gasteiger partial charge in [0.1, 0.15) is 31.2 Å². The quantitative estimate of drug-likeness (QED) is 0.672. The van der Waals surface area contributed by atoms with E-state index in [0.29, 0.717) is 31.3 Å². The maximum atomic E-state index is 5.85. The van der Waals surface area contributed by atoms with Crippen LogP contribution >= 0.6 is 0 Å². The Morgan fingerprint density at radius 3 is 2.20 bits per heavy atom. The van der Waals surface area contributed by atoms with E-state index in [1.54, 1.807) is 0 Å². The lowest BCUT2D eigenvalue weighted by atomic mass is 9.68. The highest BCUT2D eigenvalue weighted by molar-refractivity contribution is 5.32. The molecule has 0 spiro atoms. The van der Waals surface area contributed by atoms with Crippen molar-refractivity contribution >= 4 is 0 Å². The summed E-state index contributed by atoms with van der Waals surface area (Å²) in [5.41, 5.74) is 1.51. The predicted molar refractivity (Wildman–Crippen MR) is 95.8 cm³/mol. The molecule has 0 aromatic heterocycles. The predicted octanol–water partition coefficient (Wildman–Crippen LogP) is 3.84. The molecule has 2 aliphatic heterocycles. The molecule has 2 saturated heterocycles. The van der Waals surface area contributed by atoms with Gasteiger partial charge in [0.25, 0.3) is 0 Å². The number of rotatable bonds is 8. The number of ether oxygens (including phenoxy) is 4. The number of benzene rings is 1. The molecule has 2 fully saturated rings. The van der Waals surface area contributed by atoms with E-state index < -0.39 is 0 Å². The van der Waals surface area contributed by atoms with Crippen LogP contribution in [0, 0.1) is 5.92 Å². The first-order valence-electron chi connectivity index (χ1n) is 9.39. The van der Waals surface area contributed by atoms with Crippen LogP contribution in [0.3, 0.4) is 0 Å². The van der Waals surface area contributed by atoms with E-state index in [-0.39, 0.29) is 5.41 Å². The van der Waals surface area contributed by atoms with Gasteiger partial charge in [-0.05, 0) is 47.9 Å². The minimum atomic E-state index is 0.139. The second kappa shape index (κ2) is 7.00. The van der Waals surface area contributed by atoms with Crippen molar-refractivity contribution in [3.63, 3.8) is 0 Å². The van der Waals surface area contributed by atoms with Gasteiger partial charge in [0.15, 0.2) is 0 Å². The molecule has 2 unspecified atom stereocenters. The van der Waals surface area contributed by atoms with Crippen LogP contribution in [-0.4, -0.2) is 38.6 Å². The zero-order valence-corrected chi connectivity index (χ0v) is 15.2. The Morgan fingerprint density at radius 1 is 1.00 bits per heavy atom. The van der Waals surface area contributed by atoms with Gasteiger partial charge in [-0.3, -0.25) is 0 Å². The van der Waals surface area contributed by atoms with Gasteiger partial charge >= 0.3 is 0 Å². The van der Waals surface area contributed by atoms with Crippen molar-refractivity contribution in [3.05, 3.63) is 41.7 Å². The van der Waals surface area contributed by atoms with Crippen molar-refractivity contribution in [3.8, 4) is 5.75 Å². The summed E-state index contributed by atoms with van der Waals surface area (Å²) >= 11 is 0. The zero-order valence-electron chi connectivity index (χ0n) is 15.2. The summed E-state index contributed by atoms with van der Waals surface area (Å²) < 4.78 is 22.0. The van der Waals surface area contributed by atoms with Crippen molar-refractivity contribution in [1.82, 2.24) is 0 Å². The first-order valence-corrected chi connectivity index (χ1v) is 9.39. The minimum absolute atomic E-state index is 0.139. The Balaban J connectivity index is 1.33. The molecule has 136 valence electrons. The molecular weight excluding hydrogens is 316 g/mol. The molecule has 0 amide bonds. The average Bonchev–Trinajstić information content (AvgIpc) is 3.54. The van der Waals surface area contributed by atoms with Crippen LogP contribution < -0.4 is 4.74 Å². The van der Waals surface area contributed by atoms with E-state index in [1.165, 1.54) is 12.0 Å². The van der Waals surface area contributed by atoms with Crippen LogP contribution in [-0.2, 0) is 19.6 Å². The summed E-state index contributed by atoms with van der Waals surface area (Å²) in [6.45, 7) is 7.76. The maximum Gasteiger partial charge on any atom is 0.119 e. The van der Waals surface area contributed by atoms with Crippen LogP contribution in [0.15, 0.2) is 36.1 Å². The van der Waals surface area contributed by atoms with E-state index in [4.69, 9.17) is 18.9 Å². The minimum Gasteiger partial charge on any atom is -0.495 e. The number of hydrogen-bond donors (Lipinski definition) is 0. The van der Waals surface area contributed by atoms with Crippen LogP contribution in [0.2, 0.25) is 0 Å². The average molecular weight is 344 g/mol. The third kappa shape index (κ3) is 4.36. The Morgan fingerprint density at radius 2 is 1.64 bits per heavy atom. The number of hydrogen-bond acceptors (Lipinski definition) is 4. The molecule has 3 atom stereocenters. The second-order valence-corrected chi connectivity index (χ2v) is 7.92. The number of allylic oxidation sites excluding steroid dienone is 2. The fraction of sp³-hybridized carbons (Fsp3) is 0.619. The van der Waals surface area contributed by atoms with E-state index in [9.17, 15) is 0 Å². The molecule has 0 radical (unpaired) electrons. The topological polar surface area (TPSA) is 43.5 Å². The summed E-state index contributed by atoms with van der Waals surface area (Å²) in [4.78, 5) is 0. The summed E-state index contributed by atoms with van der Waals surface area (Å²) in [5.74, 6) is 2.70. The molecule has 0 N–H and O–H groups in total. The fourth-order valence-corrected chi connectivity index (χ4v) is 3.53. The van der Waals surface area contributed by atoms with Crippen LogP contribution in [0.4, 0.5) is 0 Å². The van der Waals surface area contributed by atoms with E-state index in [1.807, 2.05) is 0 Å². The normalized spacial score (nSPS) is 28.2. The molecule has 2 heterocycles. The fourth-order valence-electron chi connectivity index (χ4n) is 3.53. The standard InChI is InChI=1S/C21H28O4/c1-21(2,15-3-7-17(8-4-15)22-11-19-13-24-19)16-5-9-18(10-6-16)23-12-20-14-25-20/h3-4,7-9,16,19-20H,5-6,10-14H2,1-2H3/t16-,19?,20?/m1/s1. The van der Waals surface area contributed by atoms with Crippen LogP contribution in [0.25, 0.3) is 0 Å². The van der Waals surface area contributed by atoms with Gasteiger partial charge in [0.2, 0.25) is 0 Å². The molecular formula is C21H28O4. The molecule has 3 aliphatic rings. The van der Waals surface area contributed by atoms with E-state index in [2.05, 4.69) is 44.2 Å². The van der Waals surface area contributed by atoms with E-state index in [0.717, 1.165) is 37.6 Å². The van der Waals surface area contributed by atoms with Gasteiger partial charge in [0.05, 0.1) is 19.0 Å². The Kier molecular flexibility index (Phi) is 4.74. The lowest BCUT2D eigenvalue weighted by Gasteiger charge is -2.37. The van der Waals surface area contributed by atoms with Gasteiger partial charge in [0, 0.05) is 6.42 Å². The molecule has 25 heavy (non-hydrogen) atoms. The van der Waals surface area contributed by atoms with Gasteiger partial charge < -0.3 is 18.9 Å². The maximum absolute atomic E-state index is 5.85. The highest BCUT2D eigenvalue weighted by atomic mass is 16.6. The van der Waals surface area contributed by atoms with Gasteiger partial charge in [-0.1, -0.05) is 26.0 Å².